The van der Waals surface area contributed by atoms with Crippen LogP contribution in [0.2, 0.25) is 0 Å². The van der Waals surface area contributed by atoms with Crippen LogP contribution in [0.5, 0.6) is 0 Å². The van der Waals surface area contributed by atoms with Gasteiger partial charge in [0.25, 0.3) is 0 Å². The first-order valence-corrected chi connectivity index (χ1v) is 29.1. The number of hydrogen-bond donors (Lipinski definition) is 2. The molecule has 16 heteroatoms. The Morgan fingerprint density at radius 3 is 0.970 bits per heavy atom. The molecule has 0 bridgehead atoms. The van der Waals surface area contributed by atoms with Crippen molar-refractivity contribution in [2.75, 3.05) is 89.8 Å². The van der Waals surface area contributed by atoms with Gasteiger partial charge in [-0.3, -0.25) is 9.59 Å². The number of nitrogens with one attached hydrogen (secondary N) is 2. The summed E-state index contributed by atoms with van der Waals surface area (Å²) < 4.78 is 60.5. The summed E-state index contributed by atoms with van der Waals surface area (Å²) in [6, 6.07) is -0.136. The summed E-state index contributed by atoms with van der Waals surface area (Å²) in [6.07, 6.45) is 20.7. The van der Waals surface area contributed by atoms with E-state index in [9.17, 15) is 9.59 Å². The van der Waals surface area contributed by atoms with Gasteiger partial charge in [-0.2, -0.15) is 0 Å². The quantitative estimate of drug-likeness (QED) is 0.0670. The van der Waals surface area contributed by atoms with Crippen LogP contribution in [0.1, 0.15) is 132 Å². The Bertz CT molecular complexity index is 1410. The molecule has 378 valence electrons. The summed E-state index contributed by atoms with van der Waals surface area (Å²) in [6.45, 7) is 21.3. The number of carbonyl (C=O) groups is 2. The van der Waals surface area contributed by atoms with Gasteiger partial charge in [-0.1, -0.05) is 0 Å². The maximum absolute atomic E-state index is 13.8. The summed E-state index contributed by atoms with van der Waals surface area (Å²) in [5.74, 6) is -0.0123. The lowest BCUT2D eigenvalue weighted by Gasteiger charge is -2.32. The minimum Gasteiger partial charge on any atom is -0.386 e. The average Bonchev–Trinajstić information content (AvgIpc) is 3.56. The number of hydrogen-bond acceptors (Lipinski definition) is 14. The summed E-state index contributed by atoms with van der Waals surface area (Å²) in [5, 5.41) is 7.64. The van der Waals surface area contributed by atoms with Gasteiger partial charge in [-0.25, -0.2) is 0 Å². The van der Waals surface area contributed by atoms with Crippen LogP contribution in [-0.4, -0.2) is 161 Å². The van der Waals surface area contributed by atoms with Crippen molar-refractivity contribution in [1.29, 1.82) is 0 Å². The predicted octanol–water partition coefficient (Wildman–Crippen LogP) is 8.12. The van der Waals surface area contributed by atoms with E-state index in [1.807, 2.05) is 67.8 Å². The second kappa shape index (κ2) is 25.8. The van der Waals surface area contributed by atoms with Crippen molar-refractivity contribution in [3.63, 3.8) is 0 Å². The third-order valence-corrected chi connectivity index (χ3v) is 19.0. The van der Waals surface area contributed by atoms with E-state index in [0.29, 0.717) is 11.1 Å². The zero-order chi connectivity index (χ0) is 47.2. The second-order valence-electron chi connectivity index (χ2n) is 20.8. The topological polar surface area (TPSA) is 150 Å². The highest BCUT2D eigenvalue weighted by Crippen LogP contribution is 2.43. The summed E-state index contributed by atoms with van der Waals surface area (Å²) in [4.78, 5) is 27.6. The van der Waals surface area contributed by atoms with Gasteiger partial charge in [0.2, 0.25) is 0 Å². The fourth-order valence-corrected chi connectivity index (χ4v) is 14.9. The lowest BCUT2D eigenvalue weighted by Crippen LogP contribution is -2.46. The molecule has 2 atom stereocenters. The maximum atomic E-state index is 13.8. The first-order valence-electron chi connectivity index (χ1n) is 25.3. The molecule has 0 spiro atoms. The number of rotatable bonds is 25. The Labute approximate surface area is 399 Å². The lowest BCUT2D eigenvalue weighted by atomic mass is 9.92. The minimum atomic E-state index is -0.915. The van der Waals surface area contributed by atoms with Crippen molar-refractivity contribution in [2.24, 2.45) is 0 Å². The van der Waals surface area contributed by atoms with E-state index >= 15 is 0 Å². The first kappa shape index (κ1) is 54.2. The Morgan fingerprint density at radius 1 is 0.455 bits per heavy atom. The van der Waals surface area contributed by atoms with E-state index in [0.717, 1.165) is 167 Å². The Kier molecular flexibility index (Phi) is 21.2. The molecule has 0 aliphatic carbocycles. The van der Waals surface area contributed by atoms with Crippen LogP contribution in [-0.2, 0) is 57.0 Å². The standard InChI is InChI=1S/C50H86N2O12P2/c1-47(2)37(45(53)49(5,6)63-47)35-51-39(15-9-29-65(31-17-41-55-21-11-22-56-41)32-18-42-57-23-12-24-58-42)40(52-36-38-46(54)50(7,8)64-48(38,3)4)16-10-30-66(33-19-43-59-25-13-26-60-43)34-20-44-61-27-14-28-62-44/h35-36,39-44,51-52H,9-34H2,1-8H3/b37-35+,38-36+. The molecule has 6 aliphatic rings. The van der Waals surface area contributed by atoms with Gasteiger partial charge in [0.15, 0.2) is 36.7 Å². The third-order valence-electron chi connectivity index (χ3n) is 13.6. The van der Waals surface area contributed by atoms with Crippen molar-refractivity contribution in [1.82, 2.24) is 10.6 Å². The fourth-order valence-electron chi connectivity index (χ4n) is 10.0. The molecule has 14 nitrogen and oxygen atoms in total. The van der Waals surface area contributed by atoms with Crippen LogP contribution >= 0.6 is 15.8 Å². The molecule has 0 aromatic carbocycles. The molecule has 2 N–H and O–H groups in total. The maximum Gasteiger partial charge on any atom is 0.194 e. The number of Topliss-reactive ketones (excluding diaryl/α,β-unsaturated/α-hetero) is 2. The third kappa shape index (κ3) is 16.5. The molecule has 6 heterocycles. The molecule has 2 unspecified atom stereocenters. The van der Waals surface area contributed by atoms with Gasteiger partial charge >= 0.3 is 0 Å². The van der Waals surface area contributed by atoms with Crippen LogP contribution in [0.3, 0.4) is 0 Å². The van der Waals surface area contributed by atoms with Gasteiger partial charge < -0.3 is 58.0 Å². The predicted molar refractivity (Wildman–Crippen MR) is 260 cm³/mol. The molecule has 0 amide bonds. The SMILES string of the molecule is CC1(C)OC(C)(C)/C(=C/NC(CCCP(CCC2OCCCO2)CCC2OCCCO2)C(CCCP(CCC2OCCCO2)CCC2OCCCO2)N/C=C2\C(=O)C(C)(C)OC2(C)C)C1=O. The van der Waals surface area contributed by atoms with Gasteiger partial charge in [0.05, 0.1) is 64.1 Å². The smallest absolute Gasteiger partial charge is 0.194 e. The van der Waals surface area contributed by atoms with Crippen LogP contribution in [0.25, 0.3) is 0 Å². The monoisotopic (exact) mass is 969 g/mol. The van der Waals surface area contributed by atoms with E-state index in [4.69, 9.17) is 47.4 Å². The van der Waals surface area contributed by atoms with Crippen LogP contribution in [0, 0.1) is 0 Å². The zero-order valence-electron chi connectivity index (χ0n) is 41.8. The molecule has 6 aliphatic heterocycles. The van der Waals surface area contributed by atoms with E-state index < -0.39 is 22.4 Å². The molecule has 66 heavy (non-hydrogen) atoms. The summed E-state index contributed by atoms with van der Waals surface area (Å²) in [5.41, 5.74) is -2.05. The normalized spacial score (nSPS) is 26.5. The minimum absolute atomic E-state index is 0.00614. The molecule has 6 rings (SSSR count). The first-order chi connectivity index (χ1) is 31.5. The highest BCUT2D eigenvalue weighted by atomic mass is 31.1. The molecule has 0 radical (unpaired) electrons. The Hall–Kier alpha value is -1.12. The second-order valence-corrected chi connectivity index (χ2v) is 26.2. The van der Waals surface area contributed by atoms with Crippen molar-refractivity contribution in [3.8, 4) is 0 Å². The van der Waals surface area contributed by atoms with Crippen molar-refractivity contribution in [2.45, 2.75) is 192 Å². The van der Waals surface area contributed by atoms with Crippen LogP contribution < -0.4 is 10.6 Å². The fraction of sp³-hybridized carbons (Fsp3) is 0.880. The van der Waals surface area contributed by atoms with E-state index in [1.165, 1.54) is 0 Å². The average molecular weight is 969 g/mol. The lowest BCUT2D eigenvalue weighted by molar-refractivity contribution is -0.179. The number of ketones is 2. The number of carbonyl (C=O) groups excluding carboxylic acids is 2. The zero-order valence-corrected chi connectivity index (χ0v) is 43.6. The van der Waals surface area contributed by atoms with Gasteiger partial charge in [-0.15, -0.1) is 15.8 Å². The van der Waals surface area contributed by atoms with Crippen molar-refractivity contribution < 1.29 is 57.0 Å². The summed E-state index contributed by atoms with van der Waals surface area (Å²) in [7, 11) is -0.735. The van der Waals surface area contributed by atoms with Crippen LogP contribution in [0.4, 0.5) is 0 Å². The highest BCUT2D eigenvalue weighted by Gasteiger charge is 2.50. The molecule has 6 fully saturated rings. The number of ether oxygens (including phenoxy) is 10. The molecule has 0 aromatic heterocycles. The van der Waals surface area contributed by atoms with E-state index in [2.05, 4.69) is 10.6 Å². The van der Waals surface area contributed by atoms with Crippen LogP contribution in [0.15, 0.2) is 23.5 Å². The van der Waals surface area contributed by atoms with E-state index in [-0.39, 0.29) is 64.7 Å². The Balaban J connectivity index is 1.22. The Morgan fingerprint density at radius 2 is 0.727 bits per heavy atom. The molecular formula is C50H86N2O12P2. The van der Waals surface area contributed by atoms with Gasteiger partial charge in [0.1, 0.15) is 11.2 Å². The highest BCUT2D eigenvalue weighted by molar-refractivity contribution is 7.57. The largest absolute Gasteiger partial charge is 0.386 e. The van der Waals surface area contributed by atoms with Gasteiger partial charge in [0, 0.05) is 61.3 Å². The molecule has 0 aromatic rings. The van der Waals surface area contributed by atoms with E-state index in [1.54, 1.807) is 0 Å². The molecule has 6 saturated heterocycles. The van der Waals surface area contributed by atoms with Crippen molar-refractivity contribution >= 4 is 27.4 Å². The van der Waals surface area contributed by atoms with Gasteiger partial charge in [-0.05, 0) is 144 Å². The molecular weight excluding hydrogens is 882 g/mol. The van der Waals surface area contributed by atoms with Crippen molar-refractivity contribution in [3.05, 3.63) is 23.5 Å². The molecule has 0 saturated carbocycles. The summed E-state index contributed by atoms with van der Waals surface area (Å²) >= 11 is 0.